The van der Waals surface area contributed by atoms with Gasteiger partial charge < -0.3 is 0 Å². The third-order valence-corrected chi connectivity index (χ3v) is 5.23. The number of thioether (sulfide) groups is 1. The molecule has 2 heteroatoms. The third kappa shape index (κ3) is 4.26. The van der Waals surface area contributed by atoms with Crippen molar-refractivity contribution in [2.45, 2.75) is 63.5 Å². The zero-order chi connectivity index (χ0) is 13.3. The minimum atomic E-state index is 0.233. The van der Waals surface area contributed by atoms with Gasteiger partial charge in [-0.1, -0.05) is 60.2 Å². The van der Waals surface area contributed by atoms with E-state index in [1.165, 1.54) is 14.6 Å². The lowest BCUT2D eigenvalue weighted by Crippen LogP contribution is -2.15. The van der Waals surface area contributed by atoms with Crippen molar-refractivity contribution in [2.24, 2.45) is 0 Å². The molecule has 96 valence electrons. The molecule has 1 rings (SSSR count). The lowest BCUT2D eigenvalue weighted by molar-refractivity contribution is 0.575. The molecule has 0 unspecified atom stereocenters. The summed E-state index contributed by atoms with van der Waals surface area (Å²) in [6, 6.07) is 4.76. The molecule has 0 amide bonds. The predicted molar refractivity (Wildman–Crippen MR) is 82.5 cm³/mol. The van der Waals surface area contributed by atoms with Crippen LogP contribution in [0.1, 0.15) is 58.9 Å². The molecule has 1 heterocycles. The molecule has 0 atom stereocenters. The van der Waals surface area contributed by atoms with Crippen molar-refractivity contribution in [2.75, 3.05) is 5.75 Å². The fourth-order valence-electron chi connectivity index (χ4n) is 1.49. The van der Waals surface area contributed by atoms with Gasteiger partial charge in [0.2, 0.25) is 16.2 Å². The Labute approximate surface area is 115 Å². The summed E-state index contributed by atoms with van der Waals surface area (Å²) >= 11 is 3.90. The second kappa shape index (κ2) is 5.27. The highest BCUT2D eigenvalue weighted by molar-refractivity contribution is 8.01. The van der Waals surface area contributed by atoms with Gasteiger partial charge >= 0.3 is 0 Å². The van der Waals surface area contributed by atoms with Crippen LogP contribution >= 0.6 is 23.1 Å². The van der Waals surface area contributed by atoms with E-state index in [-0.39, 0.29) is 10.8 Å². The van der Waals surface area contributed by atoms with E-state index in [0.29, 0.717) is 0 Å². The summed E-state index contributed by atoms with van der Waals surface area (Å²) in [4.78, 5) is 1.49. The third-order valence-electron chi connectivity index (χ3n) is 2.66. The Morgan fingerprint density at radius 1 is 1.00 bits per heavy atom. The van der Waals surface area contributed by atoms with Crippen LogP contribution in [-0.4, -0.2) is 5.75 Å². The van der Waals surface area contributed by atoms with E-state index in [1.807, 2.05) is 23.1 Å². The molecular weight excluding hydrogens is 244 g/mol. The van der Waals surface area contributed by atoms with Crippen LogP contribution in [0.5, 0.6) is 0 Å². The van der Waals surface area contributed by atoms with Crippen molar-refractivity contribution in [3.63, 3.8) is 0 Å². The van der Waals surface area contributed by atoms with Gasteiger partial charge in [0.1, 0.15) is 0 Å². The Kier molecular flexibility index (Phi) is 4.65. The van der Waals surface area contributed by atoms with Gasteiger partial charge in [-0.25, -0.2) is 0 Å². The normalized spacial score (nSPS) is 12.9. The molecule has 0 bridgehead atoms. The van der Waals surface area contributed by atoms with Crippen molar-refractivity contribution in [1.82, 2.24) is 0 Å². The zero-order valence-electron chi connectivity index (χ0n) is 12.2. The Morgan fingerprint density at radius 3 is 2.00 bits per heavy atom. The van der Waals surface area contributed by atoms with Crippen LogP contribution < -0.4 is 0 Å². The zero-order valence-corrected chi connectivity index (χ0v) is 13.8. The minimum Gasteiger partial charge on any atom is -0.0649 e. The van der Waals surface area contributed by atoms with Crippen LogP contribution in [-0.2, 0) is 10.8 Å². The second-order valence-electron chi connectivity index (χ2n) is 6.46. The topological polar surface area (TPSA) is 0 Å². The first kappa shape index (κ1) is 15.0. The van der Waals surface area contributed by atoms with Crippen molar-refractivity contribution in [1.29, 1.82) is 0 Å². The number of rotatable bonds is 2. The molecule has 0 aliphatic rings. The highest BCUT2D eigenvalue weighted by Gasteiger charge is 2.29. The molecule has 0 fully saturated rings. The Bertz CT molecular complexity index is 349. The standard InChI is InChI=1S/C15H25S2/c1-8-16-13-10-11(14(2,3)4)9-12(17-13)15(5,6)7/h9-10H,8H2,1-7H3/q+1. The maximum absolute atomic E-state index is 2.39. The van der Waals surface area contributed by atoms with Gasteiger partial charge in [-0.15, -0.1) is 0 Å². The van der Waals surface area contributed by atoms with Gasteiger partial charge in [0.25, 0.3) is 4.21 Å². The second-order valence-corrected chi connectivity index (χ2v) is 9.11. The van der Waals surface area contributed by atoms with E-state index in [4.69, 9.17) is 0 Å². The van der Waals surface area contributed by atoms with Crippen LogP contribution in [0.4, 0.5) is 0 Å². The average molecular weight is 269 g/mol. The predicted octanol–water partition coefficient (Wildman–Crippen LogP) is 5.74. The van der Waals surface area contributed by atoms with Gasteiger partial charge in [0, 0.05) is 17.5 Å². The average Bonchev–Trinajstić information content (AvgIpc) is 2.15. The van der Waals surface area contributed by atoms with Gasteiger partial charge in [-0.3, -0.25) is 0 Å². The molecule has 0 radical (unpaired) electrons. The SMILES string of the molecule is CCSc1cc(C(C)(C)C)cc(C(C)(C)C)[s+]1. The van der Waals surface area contributed by atoms with E-state index in [0.717, 1.165) is 5.75 Å². The first-order valence-corrected chi connectivity index (χ1v) is 8.06. The number of hydrogen-bond acceptors (Lipinski definition) is 1. The van der Waals surface area contributed by atoms with Gasteiger partial charge in [-0.05, 0) is 16.7 Å². The van der Waals surface area contributed by atoms with E-state index in [2.05, 4.69) is 60.6 Å². The van der Waals surface area contributed by atoms with Crippen LogP contribution in [0.2, 0.25) is 0 Å². The summed E-state index contributed by atoms with van der Waals surface area (Å²) in [5.74, 6) is 1.15. The molecule has 0 aliphatic heterocycles. The Hall–Kier alpha value is -0.0800. The van der Waals surface area contributed by atoms with Gasteiger partial charge in [0.05, 0.1) is 0 Å². The van der Waals surface area contributed by atoms with Crippen LogP contribution in [0.3, 0.4) is 0 Å². The lowest BCUT2D eigenvalue weighted by Gasteiger charge is -2.20. The van der Waals surface area contributed by atoms with Crippen LogP contribution in [0.25, 0.3) is 0 Å². The summed E-state index contributed by atoms with van der Waals surface area (Å²) in [7, 11) is 0. The summed E-state index contributed by atoms with van der Waals surface area (Å²) in [5.41, 5.74) is 1.93. The first-order valence-electron chi connectivity index (χ1n) is 6.26. The van der Waals surface area contributed by atoms with Crippen molar-refractivity contribution in [3.8, 4) is 0 Å². The maximum atomic E-state index is 2.39. The molecule has 0 aromatic carbocycles. The molecule has 1 aromatic rings. The van der Waals surface area contributed by atoms with Crippen LogP contribution in [0.15, 0.2) is 16.3 Å². The van der Waals surface area contributed by atoms with Gasteiger partial charge in [0.15, 0.2) is 0 Å². The van der Waals surface area contributed by atoms with Gasteiger partial charge in [-0.2, -0.15) is 0 Å². The smallest absolute Gasteiger partial charge is 0.0649 e. The molecular formula is C15H25S2+. The largest absolute Gasteiger partial charge is 0.264 e. The minimum absolute atomic E-state index is 0.233. The molecule has 0 N–H and O–H groups in total. The van der Waals surface area contributed by atoms with Crippen molar-refractivity contribution >= 4 is 23.1 Å². The van der Waals surface area contributed by atoms with E-state index in [9.17, 15) is 0 Å². The first-order chi connectivity index (χ1) is 7.64. The molecule has 0 saturated heterocycles. The molecule has 0 aliphatic carbocycles. The van der Waals surface area contributed by atoms with E-state index < -0.39 is 0 Å². The Balaban J connectivity index is 3.29. The molecule has 17 heavy (non-hydrogen) atoms. The fraction of sp³-hybridized carbons (Fsp3) is 0.667. The van der Waals surface area contributed by atoms with Crippen molar-refractivity contribution in [3.05, 3.63) is 22.6 Å². The highest BCUT2D eigenvalue weighted by atomic mass is 32.2. The van der Waals surface area contributed by atoms with Crippen LogP contribution in [0, 0.1) is 0 Å². The van der Waals surface area contributed by atoms with E-state index in [1.54, 1.807) is 0 Å². The molecule has 0 saturated carbocycles. The quantitative estimate of drug-likeness (QED) is 0.487. The monoisotopic (exact) mass is 269 g/mol. The number of hydrogen-bond donors (Lipinski definition) is 0. The lowest BCUT2D eigenvalue weighted by atomic mass is 9.85. The highest BCUT2D eigenvalue weighted by Crippen LogP contribution is 2.37. The Morgan fingerprint density at radius 2 is 1.59 bits per heavy atom. The molecule has 1 aromatic heterocycles. The summed E-state index contributed by atoms with van der Waals surface area (Å²) in [6.07, 6.45) is 0. The van der Waals surface area contributed by atoms with E-state index >= 15 is 0 Å². The fourth-order valence-corrected chi connectivity index (χ4v) is 3.74. The summed E-state index contributed by atoms with van der Waals surface area (Å²) < 4.78 is 1.45. The van der Waals surface area contributed by atoms with Crippen molar-refractivity contribution < 1.29 is 0 Å². The maximum Gasteiger partial charge on any atom is 0.264 e. The summed E-state index contributed by atoms with van der Waals surface area (Å²) in [6.45, 7) is 16.0. The summed E-state index contributed by atoms with van der Waals surface area (Å²) in [5, 5.41) is 0. The molecule has 0 spiro atoms. The molecule has 0 nitrogen and oxygen atoms in total.